The molecule has 2 aromatic carbocycles. The van der Waals surface area contributed by atoms with Gasteiger partial charge in [0.05, 0.1) is 19.2 Å². The van der Waals surface area contributed by atoms with Gasteiger partial charge in [-0.1, -0.05) is 48.6 Å². The van der Waals surface area contributed by atoms with Gasteiger partial charge in [0, 0.05) is 19.3 Å². The Morgan fingerprint density at radius 3 is 2.08 bits per heavy atom. The summed E-state index contributed by atoms with van der Waals surface area (Å²) in [7, 11) is 1.84. The third-order valence-corrected chi connectivity index (χ3v) is 5.65. The predicted molar refractivity (Wildman–Crippen MR) is 150 cm³/mol. The van der Waals surface area contributed by atoms with Crippen LogP contribution in [0.25, 0.3) is 21.8 Å². The fourth-order valence-electron chi connectivity index (χ4n) is 2.97. The normalized spacial score (nSPS) is 12.0. The average molecular weight is 497 g/mol. The number of alkyl halides is 2. The molecule has 0 bridgehead atoms. The van der Waals surface area contributed by atoms with Gasteiger partial charge in [0.2, 0.25) is 0 Å². The van der Waals surface area contributed by atoms with Gasteiger partial charge in [0.15, 0.2) is 5.70 Å². The first-order valence-corrected chi connectivity index (χ1v) is 11.6. The van der Waals surface area contributed by atoms with Gasteiger partial charge in [-0.3, -0.25) is 0 Å². The van der Waals surface area contributed by atoms with E-state index in [-0.39, 0.29) is 12.4 Å². The Morgan fingerprint density at radius 1 is 0.946 bits per heavy atom. The van der Waals surface area contributed by atoms with Gasteiger partial charge in [-0.2, -0.15) is 0 Å². The van der Waals surface area contributed by atoms with Gasteiger partial charge in [0.25, 0.3) is 5.70 Å². The standard InChI is InChI=1S/C16H16FN3.C15H16FN/c1-13(16(12-18)19-2)4-5-14-6-8-15(9-7-14)20(3)11-10-17;1-11(13(3)17-4)5-7-14-8-6-12(2)15(9-14)10-16/h4-9H,10-11H2,1,3H3;5-9H,10H2,1-3H3/b5-4+,16-13-;7-5+,13-11-/i17-1;16-1. The van der Waals surface area contributed by atoms with Crippen molar-refractivity contribution < 1.29 is 8.78 Å². The number of nitrogens with zero attached hydrogens (tertiary/aromatic N) is 4. The zero-order chi connectivity index (χ0) is 27.8. The topological polar surface area (TPSA) is 35.8 Å². The minimum absolute atomic E-state index is 0.0977. The summed E-state index contributed by atoms with van der Waals surface area (Å²) >= 11 is 0. The van der Waals surface area contributed by atoms with Crippen LogP contribution in [0.1, 0.15) is 43.0 Å². The lowest BCUT2D eigenvalue weighted by Gasteiger charge is -2.17. The van der Waals surface area contributed by atoms with Crippen molar-refractivity contribution in [2.24, 2.45) is 0 Å². The van der Waals surface area contributed by atoms with Crippen molar-refractivity contribution in [1.29, 1.82) is 5.26 Å². The lowest BCUT2D eigenvalue weighted by atomic mass is 10.0. The van der Waals surface area contributed by atoms with Crippen molar-refractivity contribution in [3.05, 3.63) is 122 Å². The number of nitriles is 1. The molecule has 0 saturated heterocycles. The Labute approximate surface area is 219 Å². The number of hydrogen-bond acceptors (Lipinski definition) is 2. The number of hydrogen-bond donors (Lipinski definition) is 0. The number of benzene rings is 2. The molecule has 2 aromatic rings. The third kappa shape index (κ3) is 10.4. The van der Waals surface area contributed by atoms with Crippen LogP contribution < -0.4 is 4.90 Å². The second-order valence-corrected chi connectivity index (χ2v) is 8.32. The van der Waals surface area contributed by atoms with Crippen molar-refractivity contribution >= 4 is 17.8 Å². The highest BCUT2D eigenvalue weighted by Gasteiger charge is 2.01. The Bertz CT molecular complexity index is 1280. The summed E-state index contributed by atoms with van der Waals surface area (Å²) in [5.74, 6) is 0. The van der Waals surface area contributed by atoms with Gasteiger partial charge >= 0.3 is 0 Å². The summed E-state index contributed by atoms with van der Waals surface area (Å²) in [5, 5.41) is 8.75. The second kappa shape index (κ2) is 16.2. The highest BCUT2D eigenvalue weighted by molar-refractivity contribution is 5.59. The van der Waals surface area contributed by atoms with Crippen LogP contribution in [-0.2, 0) is 6.67 Å². The Morgan fingerprint density at radius 2 is 1.54 bits per heavy atom. The summed E-state index contributed by atoms with van der Waals surface area (Å²) in [5.41, 5.74) is 6.91. The molecule has 0 aliphatic rings. The molecule has 0 aromatic heterocycles. The molecule has 4 nitrogen and oxygen atoms in total. The number of allylic oxidation sites excluding steroid dienone is 6. The summed E-state index contributed by atoms with van der Waals surface area (Å²) in [6, 6.07) is 15.2. The van der Waals surface area contributed by atoms with Crippen LogP contribution in [0.3, 0.4) is 0 Å². The van der Waals surface area contributed by atoms with Crippen molar-refractivity contribution in [1.82, 2.24) is 0 Å². The highest BCUT2D eigenvalue weighted by atomic mass is 18.2. The monoisotopic (exact) mass is 496 g/mol. The van der Waals surface area contributed by atoms with Crippen molar-refractivity contribution in [2.45, 2.75) is 34.4 Å². The molecule has 190 valence electrons. The maximum absolute atomic E-state index is 12.7. The fraction of sp³-hybridized carbons (Fsp3) is 0.258. The van der Waals surface area contributed by atoms with Gasteiger partial charge in [-0.05, 0) is 79.3 Å². The van der Waals surface area contributed by atoms with Gasteiger partial charge < -0.3 is 4.90 Å². The molecular weight excluding hydrogens is 464 g/mol. The number of halogens is 2. The van der Waals surface area contributed by atoms with E-state index in [9.17, 15) is 8.78 Å². The van der Waals surface area contributed by atoms with Crippen LogP contribution >= 0.6 is 0 Å². The molecule has 6 heteroatoms. The quantitative estimate of drug-likeness (QED) is 0.209. The number of anilines is 1. The molecule has 0 unspecified atom stereocenters. The average Bonchev–Trinajstić information content (AvgIpc) is 2.92. The van der Waals surface area contributed by atoms with E-state index >= 15 is 0 Å². The fourth-order valence-corrected chi connectivity index (χ4v) is 2.97. The van der Waals surface area contributed by atoms with E-state index in [1.807, 2.05) is 92.6 Å². The summed E-state index contributed by atoms with van der Waals surface area (Å²) in [6.07, 6.45) is 7.39. The molecule has 0 saturated carbocycles. The maximum Gasteiger partial charge on any atom is 0.264 e. The van der Waals surface area contributed by atoms with Crippen molar-refractivity contribution in [3.8, 4) is 6.07 Å². The van der Waals surface area contributed by atoms with Crippen molar-refractivity contribution in [3.63, 3.8) is 0 Å². The lowest BCUT2D eigenvalue weighted by molar-refractivity contribution is 0.483. The highest BCUT2D eigenvalue weighted by Crippen LogP contribution is 2.17. The van der Waals surface area contributed by atoms with E-state index in [0.717, 1.165) is 33.5 Å². The first kappa shape index (κ1) is 30.6. The largest absolute Gasteiger partial charge is 0.372 e. The Kier molecular flexibility index (Phi) is 13.4. The predicted octanol–water partition coefficient (Wildman–Crippen LogP) is 8.51. The molecule has 0 aliphatic heterocycles. The number of rotatable bonds is 8. The molecule has 2 rings (SSSR count). The maximum atomic E-state index is 12.7. The van der Waals surface area contributed by atoms with Crippen LogP contribution in [0.4, 0.5) is 14.5 Å². The molecule has 0 atom stereocenters. The summed E-state index contributed by atoms with van der Waals surface area (Å²) in [4.78, 5) is 8.36. The van der Waals surface area contributed by atoms with Gasteiger partial charge in [0.1, 0.15) is 13.3 Å². The van der Waals surface area contributed by atoms with Crippen LogP contribution in [0.2, 0.25) is 0 Å². The summed E-state index contributed by atoms with van der Waals surface area (Å²) < 4.78 is 24.9. The van der Waals surface area contributed by atoms with E-state index in [1.54, 1.807) is 19.9 Å². The minimum Gasteiger partial charge on any atom is -0.372 e. The molecule has 37 heavy (non-hydrogen) atoms. The second-order valence-electron chi connectivity index (χ2n) is 8.32. The van der Waals surface area contributed by atoms with Crippen molar-refractivity contribution in [2.75, 3.05) is 25.2 Å². The number of aryl methyl sites for hydroxylation is 1. The summed E-state index contributed by atoms with van der Waals surface area (Å²) in [6.45, 7) is 20.6. The first-order valence-electron chi connectivity index (χ1n) is 11.6. The lowest BCUT2D eigenvalue weighted by Crippen LogP contribution is -2.19. The zero-order valence-electron chi connectivity index (χ0n) is 22.0. The molecule has 0 radical (unpaired) electrons. The first-order chi connectivity index (χ1) is 17.7. The molecular formula is C31H32F2N4. The molecule has 0 N–H and O–H groups in total. The van der Waals surface area contributed by atoms with Gasteiger partial charge in [-0.25, -0.2) is 23.7 Å². The molecule has 0 spiro atoms. The van der Waals surface area contributed by atoms with E-state index < -0.39 is 6.67 Å². The smallest absolute Gasteiger partial charge is 0.264 e. The van der Waals surface area contributed by atoms with E-state index in [4.69, 9.17) is 18.4 Å². The molecule has 0 heterocycles. The third-order valence-electron chi connectivity index (χ3n) is 5.65. The minimum atomic E-state index is -0.441. The van der Waals surface area contributed by atoms with Crippen LogP contribution in [0, 0.1) is 31.4 Å². The zero-order valence-corrected chi connectivity index (χ0v) is 22.0. The molecule has 0 aliphatic carbocycles. The van der Waals surface area contributed by atoms with E-state index in [1.165, 1.54) is 0 Å². The van der Waals surface area contributed by atoms with Crippen LogP contribution in [0.5, 0.6) is 0 Å². The SMILES string of the molecule is [C-]#[N+]/C(C#N)=C(C)\C=C\c1ccc(N(C)CC[18F])cc1.[C-]#[N+]/C(C)=C(C)\C=C\c1ccc(C)c(C[18F])c1. The van der Waals surface area contributed by atoms with Gasteiger partial charge in [-0.15, -0.1) is 0 Å². The van der Waals surface area contributed by atoms with E-state index in [2.05, 4.69) is 9.69 Å². The molecule has 0 fully saturated rings. The van der Waals surface area contributed by atoms with Crippen LogP contribution in [0.15, 0.2) is 77.2 Å². The Balaban J connectivity index is 0.000000375. The van der Waals surface area contributed by atoms with E-state index in [0.29, 0.717) is 17.8 Å². The molecule has 0 amide bonds. The Hall–Kier alpha value is -4.47. The van der Waals surface area contributed by atoms with Crippen LogP contribution in [-0.4, -0.2) is 20.3 Å².